The Hall–Kier alpha value is -1.13. The zero-order chi connectivity index (χ0) is 11.4. The molecular weight excluding hydrogens is 218 g/mol. The van der Waals surface area contributed by atoms with Gasteiger partial charge in [0.05, 0.1) is 4.88 Å². The Labute approximate surface area is 99.9 Å². The first-order valence-electron chi connectivity index (χ1n) is 5.63. The van der Waals surface area contributed by atoms with Gasteiger partial charge in [-0.15, -0.1) is 11.3 Å². The predicted molar refractivity (Wildman–Crippen MR) is 68.5 cm³/mol. The van der Waals surface area contributed by atoms with Crippen LogP contribution in [0, 0.1) is 0 Å². The highest BCUT2D eigenvalue weighted by atomic mass is 32.1. The molecule has 0 aliphatic rings. The number of imidazole rings is 1. The van der Waals surface area contributed by atoms with Crippen molar-refractivity contribution in [2.45, 2.75) is 25.8 Å². The first kappa shape index (κ1) is 11.4. The molecule has 0 amide bonds. The minimum Gasteiger partial charge on any atom is -0.330 e. The van der Waals surface area contributed by atoms with Crippen molar-refractivity contribution in [2.24, 2.45) is 5.73 Å². The summed E-state index contributed by atoms with van der Waals surface area (Å²) in [6.45, 7) is 2.92. The van der Waals surface area contributed by atoms with E-state index in [2.05, 4.69) is 40.2 Å². The molecular formula is C12H17N3S. The van der Waals surface area contributed by atoms with E-state index in [9.17, 15) is 0 Å². The monoisotopic (exact) mass is 235 g/mol. The van der Waals surface area contributed by atoms with Crippen molar-refractivity contribution in [3.63, 3.8) is 0 Å². The third-order valence-electron chi connectivity index (χ3n) is 2.77. The molecule has 3 nitrogen and oxygen atoms in total. The molecule has 0 aliphatic carbocycles. The SMILES string of the molecule is CCC(CCN)n1ccnc1-c1cccs1. The van der Waals surface area contributed by atoms with E-state index in [1.807, 2.05) is 6.20 Å². The molecule has 16 heavy (non-hydrogen) atoms. The number of rotatable bonds is 5. The minimum atomic E-state index is 0.463. The lowest BCUT2D eigenvalue weighted by atomic mass is 10.1. The van der Waals surface area contributed by atoms with Gasteiger partial charge >= 0.3 is 0 Å². The number of aromatic nitrogens is 2. The van der Waals surface area contributed by atoms with Gasteiger partial charge in [-0.2, -0.15) is 0 Å². The Kier molecular flexibility index (Phi) is 3.74. The summed E-state index contributed by atoms with van der Waals surface area (Å²) < 4.78 is 2.25. The summed E-state index contributed by atoms with van der Waals surface area (Å²) >= 11 is 1.73. The lowest BCUT2D eigenvalue weighted by Gasteiger charge is -2.17. The molecule has 2 aromatic rings. The molecule has 0 saturated heterocycles. The molecule has 0 spiro atoms. The van der Waals surface area contributed by atoms with Crippen molar-refractivity contribution in [3.8, 4) is 10.7 Å². The van der Waals surface area contributed by atoms with Crippen LogP contribution in [0.15, 0.2) is 29.9 Å². The van der Waals surface area contributed by atoms with Gasteiger partial charge in [0.15, 0.2) is 0 Å². The smallest absolute Gasteiger partial charge is 0.150 e. The van der Waals surface area contributed by atoms with E-state index >= 15 is 0 Å². The van der Waals surface area contributed by atoms with E-state index in [-0.39, 0.29) is 0 Å². The van der Waals surface area contributed by atoms with E-state index in [0.717, 1.165) is 25.2 Å². The summed E-state index contributed by atoms with van der Waals surface area (Å²) in [6, 6.07) is 4.63. The molecule has 0 aromatic carbocycles. The molecule has 2 rings (SSSR count). The third kappa shape index (κ3) is 2.18. The average Bonchev–Trinajstić information content (AvgIpc) is 2.94. The Morgan fingerprint density at radius 1 is 1.56 bits per heavy atom. The minimum absolute atomic E-state index is 0.463. The summed E-state index contributed by atoms with van der Waals surface area (Å²) in [5, 5.41) is 2.08. The lowest BCUT2D eigenvalue weighted by molar-refractivity contribution is 0.463. The normalized spacial score (nSPS) is 12.9. The van der Waals surface area contributed by atoms with Crippen molar-refractivity contribution in [1.82, 2.24) is 9.55 Å². The quantitative estimate of drug-likeness (QED) is 0.866. The number of nitrogens with two attached hydrogens (primary N) is 1. The van der Waals surface area contributed by atoms with E-state index in [4.69, 9.17) is 5.73 Å². The van der Waals surface area contributed by atoms with Crippen LogP contribution in [0.3, 0.4) is 0 Å². The van der Waals surface area contributed by atoms with Gasteiger partial charge in [-0.25, -0.2) is 4.98 Å². The molecule has 0 aliphatic heterocycles. The Morgan fingerprint density at radius 2 is 2.44 bits per heavy atom. The third-order valence-corrected chi connectivity index (χ3v) is 3.64. The number of thiophene rings is 1. The summed E-state index contributed by atoms with van der Waals surface area (Å²) in [6.07, 6.45) is 6.02. The van der Waals surface area contributed by atoms with Crippen molar-refractivity contribution in [3.05, 3.63) is 29.9 Å². The molecule has 4 heteroatoms. The van der Waals surface area contributed by atoms with Crippen LogP contribution in [0.5, 0.6) is 0 Å². The van der Waals surface area contributed by atoms with Crippen molar-refractivity contribution < 1.29 is 0 Å². The molecule has 86 valence electrons. The summed E-state index contributed by atoms with van der Waals surface area (Å²) in [5.74, 6) is 1.07. The fourth-order valence-electron chi connectivity index (χ4n) is 1.94. The maximum Gasteiger partial charge on any atom is 0.150 e. The predicted octanol–water partition coefficient (Wildman–Crippen LogP) is 2.91. The molecule has 2 aromatic heterocycles. The molecule has 0 radical (unpaired) electrons. The van der Waals surface area contributed by atoms with E-state index in [1.54, 1.807) is 11.3 Å². The van der Waals surface area contributed by atoms with Crippen LogP contribution in [0.2, 0.25) is 0 Å². The zero-order valence-corrected chi connectivity index (χ0v) is 10.3. The number of hydrogen-bond acceptors (Lipinski definition) is 3. The van der Waals surface area contributed by atoms with Gasteiger partial charge in [0.25, 0.3) is 0 Å². The summed E-state index contributed by atoms with van der Waals surface area (Å²) in [7, 11) is 0. The van der Waals surface area contributed by atoms with Crippen molar-refractivity contribution in [1.29, 1.82) is 0 Å². The fraction of sp³-hybridized carbons (Fsp3) is 0.417. The van der Waals surface area contributed by atoms with Gasteiger partial charge in [-0.3, -0.25) is 0 Å². The van der Waals surface area contributed by atoms with Crippen LogP contribution >= 0.6 is 11.3 Å². The highest BCUT2D eigenvalue weighted by Gasteiger charge is 2.13. The van der Waals surface area contributed by atoms with E-state index < -0.39 is 0 Å². The molecule has 1 atom stereocenters. The van der Waals surface area contributed by atoms with E-state index in [1.165, 1.54) is 4.88 Å². The van der Waals surface area contributed by atoms with Gasteiger partial charge in [-0.1, -0.05) is 13.0 Å². The van der Waals surface area contributed by atoms with Gasteiger partial charge in [-0.05, 0) is 30.8 Å². The Balaban J connectivity index is 2.31. The average molecular weight is 235 g/mol. The number of nitrogens with zero attached hydrogens (tertiary/aromatic N) is 2. The first-order chi connectivity index (χ1) is 7.86. The second-order valence-corrected chi connectivity index (χ2v) is 4.72. The van der Waals surface area contributed by atoms with Gasteiger partial charge in [0.2, 0.25) is 0 Å². The van der Waals surface area contributed by atoms with Crippen LogP contribution < -0.4 is 5.73 Å². The molecule has 2 heterocycles. The van der Waals surface area contributed by atoms with Gasteiger partial charge in [0.1, 0.15) is 5.82 Å². The molecule has 2 N–H and O–H groups in total. The zero-order valence-electron chi connectivity index (χ0n) is 9.47. The second-order valence-electron chi connectivity index (χ2n) is 3.77. The summed E-state index contributed by atoms with van der Waals surface area (Å²) in [5.41, 5.74) is 5.65. The maximum atomic E-state index is 5.65. The van der Waals surface area contributed by atoms with Crippen LogP contribution in [0.25, 0.3) is 10.7 Å². The van der Waals surface area contributed by atoms with Crippen molar-refractivity contribution in [2.75, 3.05) is 6.54 Å². The second kappa shape index (κ2) is 5.27. The highest BCUT2D eigenvalue weighted by Crippen LogP contribution is 2.27. The number of hydrogen-bond donors (Lipinski definition) is 1. The standard InChI is InChI=1S/C12H17N3S/c1-2-10(5-6-13)15-8-7-14-12(15)11-4-3-9-16-11/h3-4,7-10H,2,5-6,13H2,1H3. The fourth-order valence-corrected chi connectivity index (χ4v) is 2.66. The Bertz CT molecular complexity index is 419. The molecule has 0 saturated carbocycles. The Morgan fingerprint density at radius 3 is 3.06 bits per heavy atom. The largest absolute Gasteiger partial charge is 0.330 e. The summed E-state index contributed by atoms with van der Waals surface area (Å²) in [4.78, 5) is 5.66. The topological polar surface area (TPSA) is 43.8 Å². The van der Waals surface area contributed by atoms with Crippen LogP contribution in [-0.2, 0) is 0 Å². The lowest BCUT2D eigenvalue weighted by Crippen LogP contribution is -2.13. The van der Waals surface area contributed by atoms with Crippen LogP contribution in [-0.4, -0.2) is 16.1 Å². The maximum absolute atomic E-state index is 5.65. The van der Waals surface area contributed by atoms with Gasteiger partial charge in [0, 0.05) is 18.4 Å². The van der Waals surface area contributed by atoms with Gasteiger partial charge < -0.3 is 10.3 Å². The first-order valence-corrected chi connectivity index (χ1v) is 6.51. The van der Waals surface area contributed by atoms with E-state index in [0.29, 0.717) is 6.04 Å². The highest BCUT2D eigenvalue weighted by molar-refractivity contribution is 7.13. The van der Waals surface area contributed by atoms with Crippen molar-refractivity contribution >= 4 is 11.3 Å². The molecule has 0 fully saturated rings. The van der Waals surface area contributed by atoms with Crippen LogP contribution in [0.4, 0.5) is 0 Å². The van der Waals surface area contributed by atoms with Crippen LogP contribution in [0.1, 0.15) is 25.8 Å². The molecule has 0 bridgehead atoms. The molecule has 1 unspecified atom stereocenters.